The zero-order valence-electron chi connectivity index (χ0n) is 9.87. The number of rotatable bonds is 4. The van der Waals surface area contributed by atoms with E-state index in [2.05, 4.69) is 11.9 Å². The Balaban J connectivity index is 2.04. The second-order valence-electron chi connectivity index (χ2n) is 3.76. The Morgan fingerprint density at radius 2 is 2.24 bits per heavy atom. The van der Waals surface area contributed by atoms with Crippen LogP contribution in [0.25, 0.3) is 0 Å². The fourth-order valence-electron chi connectivity index (χ4n) is 1.46. The lowest BCUT2D eigenvalue weighted by molar-refractivity contribution is 0.286. The van der Waals surface area contributed by atoms with Crippen molar-refractivity contribution < 1.29 is 9.13 Å². The third kappa shape index (κ3) is 2.82. The van der Waals surface area contributed by atoms with E-state index in [0.717, 1.165) is 17.1 Å². The molecule has 0 aliphatic rings. The fourth-order valence-corrected chi connectivity index (χ4v) is 2.19. The van der Waals surface area contributed by atoms with Crippen LogP contribution in [0.15, 0.2) is 23.6 Å². The molecular weight excluding hydrogens is 237 g/mol. The molecule has 0 atom stereocenters. The van der Waals surface area contributed by atoms with Gasteiger partial charge in [-0.3, -0.25) is 0 Å². The van der Waals surface area contributed by atoms with Crippen LogP contribution in [0.5, 0.6) is 5.75 Å². The summed E-state index contributed by atoms with van der Waals surface area (Å²) in [4.78, 5) is 4.37. The molecule has 0 N–H and O–H groups in total. The number of aryl methyl sites for hydroxylation is 2. The van der Waals surface area contributed by atoms with E-state index in [1.165, 1.54) is 0 Å². The number of benzene rings is 1. The Morgan fingerprint density at radius 1 is 1.41 bits per heavy atom. The Morgan fingerprint density at radius 3 is 2.94 bits per heavy atom. The third-order valence-electron chi connectivity index (χ3n) is 2.43. The quantitative estimate of drug-likeness (QED) is 0.826. The molecule has 4 heteroatoms. The minimum atomic E-state index is -0.293. The Labute approximate surface area is 104 Å². The maximum Gasteiger partial charge on any atom is 0.167 e. The van der Waals surface area contributed by atoms with Crippen LogP contribution in [0, 0.1) is 12.7 Å². The van der Waals surface area contributed by atoms with Crippen molar-refractivity contribution in [2.75, 3.05) is 0 Å². The standard InChI is InChI=1S/C13H14FNOS/c1-3-12-15-10(8-17-12)7-16-11-6-4-5-9(2)13(11)14/h4-6,8H,3,7H2,1-2H3. The molecule has 2 rings (SSSR count). The molecule has 0 saturated heterocycles. The van der Waals surface area contributed by atoms with Gasteiger partial charge in [-0.1, -0.05) is 19.1 Å². The summed E-state index contributed by atoms with van der Waals surface area (Å²) < 4.78 is 19.1. The fraction of sp³-hybridized carbons (Fsp3) is 0.308. The van der Waals surface area contributed by atoms with Crippen LogP contribution < -0.4 is 4.74 Å². The maximum absolute atomic E-state index is 13.6. The van der Waals surface area contributed by atoms with Gasteiger partial charge in [0.2, 0.25) is 0 Å². The van der Waals surface area contributed by atoms with Gasteiger partial charge >= 0.3 is 0 Å². The summed E-state index contributed by atoms with van der Waals surface area (Å²) in [5.74, 6) is -0.00510. The van der Waals surface area contributed by atoms with Crippen molar-refractivity contribution in [1.82, 2.24) is 4.98 Å². The molecule has 0 aliphatic heterocycles. The molecule has 0 radical (unpaired) electrons. The molecule has 0 amide bonds. The third-order valence-corrected chi connectivity index (χ3v) is 3.48. The molecule has 17 heavy (non-hydrogen) atoms. The van der Waals surface area contributed by atoms with Crippen LogP contribution in [0.4, 0.5) is 4.39 Å². The molecule has 1 aromatic heterocycles. The molecule has 1 heterocycles. The van der Waals surface area contributed by atoms with Gasteiger partial charge in [-0.05, 0) is 25.0 Å². The normalized spacial score (nSPS) is 10.5. The molecular formula is C13H14FNOS. The van der Waals surface area contributed by atoms with E-state index in [0.29, 0.717) is 12.2 Å². The highest BCUT2D eigenvalue weighted by Gasteiger charge is 2.07. The first-order valence-electron chi connectivity index (χ1n) is 5.52. The molecule has 0 fully saturated rings. The molecule has 2 aromatic rings. The number of halogens is 1. The number of ether oxygens (including phenoxy) is 1. The molecule has 0 unspecified atom stereocenters. The Kier molecular flexibility index (Phi) is 3.74. The van der Waals surface area contributed by atoms with Crippen LogP contribution in [0.3, 0.4) is 0 Å². The first kappa shape index (κ1) is 12.0. The lowest BCUT2D eigenvalue weighted by Gasteiger charge is -2.06. The van der Waals surface area contributed by atoms with E-state index < -0.39 is 0 Å². The summed E-state index contributed by atoms with van der Waals surface area (Å²) in [5, 5.41) is 3.03. The van der Waals surface area contributed by atoms with Gasteiger partial charge in [0.25, 0.3) is 0 Å². The Hall–Kier alpha value is -1.42. The predicted octanol–water partition coefficient (Wildman–Crippen LogP) is 3.73. The van der Waals surface area contributed by atoms with Crippen molar-refractivity contribution in [3.8, 4) is 5.75 Å². The number of hydrogen-bond acceptors (Lipinski definition) is 3. The largest absolute Gasteiger partial charge is 0.484 e. The van der Waals surface area contributed by atoms with E-state index in [4.69, 9.17) is 4.74 Å². The van der Waals surface area contributed by atoms with Crippen LogP contribution >= 0.6 is 11.3 Å². The highest BCUT2D eigenvalue weighted by atomic mass is 32.1. The summed E-state index contributed by atoms with van der Waals surface area (Å²) in [6, 6.07) is 5.14. The van der Waals surface area contributed by atoms with E-state index in [-0.39, 0.29) is 11.6 Å². The molecule has 0 saturated carbocycles. The van der Waals surface area contributed by atoms with Gasteiger partial charge in [0, 0.05) is 5.38 Å². The SMILES string of the molecule is CCc1nc(COc2cccc(C)c2F)cs1. The first-order chi connectivity index (χ1) is 8.20. The van der Waals surface area contributed by atoms with Crippen molar-refractivity contribution >= 4 is 11.3 Å². The van der Waals surface area contributed by atoms with Gasteiger partial charge in [-0.25, -0.2) is 9.37 Å². The van der Waals surface area contributed by atoms with Crippen molar-refractivity contribution in [1.29, 1.82) is 0 Å². The summed E-state index contributed by atoms with van der Waals surface area (Å²) in [6.45, 7) is 4.10. The lowest BCUT2D eigenvalue weighted by Crippen LogP contribution is -1.99. The van der Waals surface area contributed by atoms with E-state index in [1.54, 1.807) is 36.5 Å². The number of aromatic nitrogens is 1. The average Bonchev–Trinajstić information content (AvgIpc) is 2.79. The maximum atomic E-state index is 13.6. The highest BCUT2D eigenvalue weighted by molar-refractivity contribution is 7.09. The molecule has 0 aliphatic carbocycles. The predicted molar refractivity (Wildman–Crippen MR) is 67.0 cm³/mol. The average molecular weight is 251 g/mol. The zero-order chi connectivity index (χ0) is 12.3. The van der Waals surface area contributed by atoms with E-state index in [1.807, 2.05) is 5.38 Å². The Bertz CT molecular complexity index is 510. The van der Waals surface area contributed by atoms with Gasteiger partial charge in [-0.2, -0.15) is 0 Å². The van der Waals surface area contributed by atoms with Crippen LogP contribution in [-0.2, 0) is 13.0 Å². The smallest absolute Gasteiger partial charge is 0.167 e. The summed E-state index contributed by atoms with van der Waals surface area (Å²) in [6.07, 6.45) is 0.920. The van der Waals surface area contributed by atoms with Crippen molar-refractivity contribution in [2.24, 2.45) is 0 Å². The number of hydrogen-bond donors (Lipinski definition) is 0. The number of thiazole rings is 1. The van der Waals surface area contributed by atoms with E-state index in [9.17, 15) is 4.39 Å². The molecule has 1 aromatic carbocycles. The highest BCUT2D eigenvalue weighted by Crippen LogP contribution is 2.21. The summed E-state index contributed by atoms with van der Waals surface area (Å²) >= 11 is 1.61. The topological polar surface area (TPSA) is 22.1 Å². The molecule has 0 spiro atoms. The van der Waals surface area contributed by atoms with Crippen LogP contribution in [0.2, 0.25) is 0 Å². The van der Waals surface area contributed by atoms with Gasteiger partial charge in [-0.15, -0.1) is 11.3 Å². The number of nitrogens with zero attached hydrogens (tertiary/aromatic N) is 1. The van der Waals surface area contributed by atoms with Crippen molar-refractivity contribution in [3.05, 3.63) is 45.7 Å². The monoisotopic (exact) mass is 251 g/mol. The molecule has 2 nitrogen and oxygen atoms in total. The van der Waals surface area contributed by atoms with Crippen LogP contribution in [-0.4, -0.2) is 4.98 Å². The molecule has 90 valence electrons. The van der Waals surface area contributed by atoms with Gasteiger partial charge in [0.05, 0.1) is 10.7 Å². The van der Waals surface area contributed by atoms with Gasteiger partial charge in [0.15, 0.2) is 11.6 Å². The van der Waals surface area contributed by atoms with E-state index >= 15 is 0 Å². The lowest BCUT2D eigenvalue weighted by atomic mass is 10.2. The molecule has 0 bridgehead atoms. The minimum absolute atomic E-state index is 0.288. The second kappa shape index (κ2) is 5.27. The second-order valence-corrected chi connectivity index (χ2v) is 4.70. The van der Waals surface area contributed by atoms with Gasteiger partial charge < -0.3 is 4.74 Å². The first-order valence-corrected chi connectivity index (χ1v) is 6.40. The summed E-state index contributed by atoms with van der Waals surface area (Å²) in [7, 11) is 0. The minimum Gasteiger partial charge on any atom is -0.484 e. The van der Waals surface area contributed by atoms with Crippen LogP contribution in [0.1, 0.15) is 23.2 Å². The van der Waals surface area contributed by atoms with Crippen molar-refractivity contribution in [2.45, 2.75) is 26.9 Å². The zero-order valence-corrected chi connectivity index (χ0v) is 10.7. The van der Waals surface area contributed by atoms with Gasteiger partial charge in [0.1, 0.15) is 6.61 Å². The van der Waals surface area contributed by atoms with Crippen molar-refractivity contribution in [3.63, 3.8) is 0 Å². The summed E-state index contributed by atoms with van der Waals surface area (Å²) in [5.41, 5.74) is 1.45.